The van der Waals surface area contributed by atoms with Crippen molar-refractivity contribution in [2.75, 3.05) is 5.32 Å². The number of rotatable bonds is 8. The Kier molecular flexibility index (Phi) is 8.14. The minimum Gasteiger partial charge on any atom is -0.359 e. The molecule has 0 radical (unpaired) electrons. The fourth-order valence-corrected chi connectivity index (χ4v) is 8.35. The van der Waals surface area contributed by atoms with Crippen molar-refractivity contribution in [3.63, 3.8) is 0 Å². The van der Waals surface area contributed by atoms with E-state index in [2.05, 4.69) is 217 Å². The van der Waals surface area contributed by atoms with E-state index in [9.17, 15) is 0 Å². The molecule has 2 heteroatoms. The number of allylic oxidation sites excluding steroid dienone is 4. The summed E-state index contributed by atoms with van der Waals surface area (Å²) < 4.78 is 2.37. The van der Waals surface area contributed by atoms with Gasteiger partial charge in [0, 0.05) is 27.8 Å². The fraction of sp³-hybridized carbons (Fsp3) is 0.0800. The minimum atomic E-state index is -0.393. The highest BCUT2D eigenvalue weighted by atomic mass is 15.0. The van der Waals surface area contributed by atoms with Crippen LogP contribution in [0.15, 0.2) is 211 Å². The number of nitrogens with zero attached hydrogens (tertiary/aromatic N) is 1. The van der Waals surface area contributed by atoms with E-state index in [1.807, 2.05) is 0 Å². The zero-order valence-electron chi connectivity index (χ0n) is 29.3. The molecular formula is C50H40N2. The summed E-state index contributed by atoms with van der Waals surface area (Å²) in [6, 6.07) is 68.1. The molecule has 9 rings (SSSR count). The average Bonchev–Trinajstić information content (AvgIpc) is 3.55. The highest BCUT2D eigenvalue weighted by molar-refractivity contribution is 6.10. The fourth-order valence-electron chi connectivity index (χ4n) is 8.35. The van der Waals surface area contributed by atoms with Gasteiger partial charge in [-0.3, -0.25) is 0 Å². The van der Waals surface area contributed by atoms with Crippen LogP contribution < -0.4 is 5.32 Å². The molecule has 7 aromatic carbocycles. The number of nitrogens with one attached hydrogen (secondary N) is 1. The van der Waals surface area contributed by atoms with E-state index in [0.29, 0.717) is 5.92 Å². The predicted octanol–water partition coefficient (Wildman–Crippen LogP) is 12.7. The van der Waals surface area contributed by atoms with Crippen LogP contribution in [0.25, 0.3) is 38.6 Å². The Bertz CT molecular complexity index is 2450. The maximum absolute atomic E-state index is 3.79. The number of anilines is 1. The summed E-state index contributed by atoms with van der Waals surface area (Å²) in [7, 11) is 0. The van der Waals surface area contributed by atoms with Crippen LogP contribution in [-0.4, -0.2) is 4.57 Å². The molecule has 1 atom stereocenters. The van der Waals surface area contributed by atoms with Crippen LogP contribution in [0.5, 0.6) is 0 Å². The van der Waals surface area contributed by atoms with Gasteiger partial charge in [0.05, 0.1) is 16.4 Å². The first-order valence-electron chi connectivity index (χ1n) is 18.2. The van der Waals surface area contributed by atoms with Crippen LogP contribution in [0.1, 0.15) is 30.0 Å². The van der Waals surface area contributed by atoms with Crippen molar-refractivity contribution in [1.29, 1.82) is 0 Å². The maximum Gasteiger partial charge on any atom is 0.0664 e. The van der Waals surface area contributed by atoms with Crippen molar-refractivity contribution in [3.05, 3.63) is 228 Å². The number of benzene rings is 7. The first-order valence-corrected chi connectivity index (χ1v) is 18.2. The lowest BCUT2D eigenvalue weighted by molar-refractivity contribution is 0.587. The molecule has 0 saturated carbocycles. The first-order chi connectivity index (χ1) is 25.7. The second-order valence-corrected chi connectivity index (χ2v) is 13.9. The molecular weight excluding hydrogens is 629 g/mol. The van der Waals surface area contributed by atoms with Gasteiger partial charge < -0.3 is 9.88 Å². The van der Waals surface area contributed by atoms with Gasteiger partial charge in [-0.1, -0.05) is 164 Å². The van der Waals surface area contributed by atoms with E-state index in [-0.39, 0.29) is 0 Å². The van der Waals surface area contributed by atoms with Gasteiger partial charge >= 0.3 is 0 Å². The molecule has 8 aromatic rings. The Morgan fingerprint density at radius 2 is 1.02 bits per heavy atom. The standard InChI is InChI=1S/C50H40N2/c1-36-34-42(50(39-16-6-2-7-17-39,40-18-8-3-9-19-40)41-20-10-4-11-21-41)29-32-47(36)51-43-30-26-37(27-31-43)38-28-33-49-46(35-38)45-24-14-15-25-48(45)52(49)44-22-12-5-13-23-44/h2-33,35-36,51H,34H2,1H3. The number of fused-ring (bicyclic) bond motifs is 3. The highest BCUT2D eigenvalue weighted by Gasteiger charge is 2.41. The smallest absolute Gasteiger partial charge is 0.0664 e. The number of hydrogen-bond acceptors (Lipinski definition) is 1. The van der Waals surface area contributed by atoms with Crippen molar-refractivity contribution in [2.24, 2.45) is 5.92 Å². The molecule has 250 valence electrons. The molecule has 2 nitrogen and oxygen atoms in total. The lowest BCUT2D eigenvalue weighted by Gasteiger charge is -2.41. The van der Waals surface area contributed by atoms with Crippen LogP contribution in [0.3, 0.4) is 0 Å². The van der Waals surface area contributed by atoms with Gasteiger partial charge in [0.15, 0.2) is 0 Å². The van der Waals surface area contributed by atoms with Crippen molar-refractivity contribution < 1.29 is 0 Å². The van der Waals surface area contributed by atoms with E-state index >= 15 is 0 Å². The number of aromatic nitrogens is 1. The summed E-state index contributed by atoms with van der Waals surface area (Å²) in [5.74, 6) is 0.305. The summed E-state index contributed by atoms with van der Waals surface area (Å²) >= 11 is 0. The molecule has 0 aliphatic heterocycles. The summed E-state index contributed by atoms with van der Waals surface area (Å²) in [4.78, 5) is 0. The van der Waals surface area contributed by atoms with Crippen LogP contribution >= 0.6 is 0 Å². The van der Waals surface area contributed by atoms with E-state index < -0.39 is 5.41 Å². The molecule has 1 aliphatic carbocycles. The van der Waals surface area contributed by atoms with Gasteiger partial charge in [0.2, 0.25) is 0 Å². The maximum atomic E-state index is 3.79. The van der Waals surface area contributed by atoms with Crippen molar-refractivity contribution in [1.82, 2.24) is 4.57 Å². The quantitative estimate of drug-likeness (QED) is 0.159. The van der Waals surface area contributed by atoms with Gasteiger partial charge in [-0.15, -0.1) is 0 Å². The Morgan fingerprint density at radius 1 is 0.500 bits per heavy atom. The van der Waals surface area contributed by atoms with E-state index in [4.69, 9.17) is 0 Å². The van der Waals surface area contributed by atoms with Crippen LogP contribution in [-0.2, 0) is 5.41 Å². The molecule has 1 aromatic heterocycles. The summed E-state index contributed by atoms with van der Waals surface area (Å²) in [6.07, 6.45) is 5.61. The van der Waals surface area contributed by atoms with Gasteiger partial charge in [-0.2, -0.15) is 0 Å². The third-order valence-corrected chi connectivity index (χ3v) is 10.8. The Balaban J connectivity index is 1.04. The van der Waals surface area contributed by atoms with Crippen molar-refractivity contribution in [2.45, 2.75) is 18.8 Å². The van der Waals surface area contributed by atoms with Crippen molar-refractivity contribution >= 4 is 27.5 Å². The molecule has 1 aliphatic rings. The third kappa shape index (κ3) is 5.45. The summed E-state index contributed by atoms with van der Waals surface area (Å²) in [6.45, 7) is 2.34. The van der Waals surface area contributed by atoms with Gasteiger partial charge in [-0.25, -0.2) is 0 Å². The zero-order valence-corrected chi connectivity index (χ0v) is 29.3. The van der Waals surface area contributed by atoms with E-state index in [1.54, 1.807) is 0 Å². The normalized spacial score (nSPS) is 14.6. The molecule has 1 unspecified atom stereocenters. The highest BCUT2D eigenvalue weighted by Crippen LogP contribution is 2.49. The Labute approximate surface area is 306 Å². The predicted molar refractivity (Wildman–Crippen MR) is 219 cm³/mol. The molecule has 0 spiro atoms. The van der Waals surface area contributed by atoms with Gasteiger partial charge in [0.25, 0.3) is 0 Å². The molecule has 1 N–H and O–H groups in total. The van der Waals surface area contributed by atoms with E-state index in [1.165, 1.54) is 66.6 Å². The second kappa shape index (κ2) is 13.4. The van der Waals surface area contributed by atoms with Gasteiger partial charge in [-0.05, 0) is 88.7 Å². The number of para-hydroxylation sites is 2. The zero-order chi connectivity index (χ0) is 34.9. The molecule has 0 amide bonds. The second-order valence-electron chi connectivity index (χ2n) is 13.9. The molecule has 1 heterocycles. The largest absolute Gasteiger partial charge is 0.359 e. The third-order valence-electron chi connectivity index (χ3n) is 10.8. The lowest BCUT2D eigenvalue weighted by Crippen LogP contribution is -2.34. The summed E-state index contributed by atoms with van der Waals surface area (Å²) in [5.41, 5.74) is 13.2. The number of hydrogen-bond donors (Lipinski definition) is 1. The monoisotopic (exact) mass is 668 g/mol. The SMILES string of the molecule is CC1CC(C(c2ccccc2)(c2ccccc2)c2ccccc2)=CC=C1Nc1ccc(-c2ccc3c(c2)c2ccccc2n3-c2ccccc2)cc1. The topological polar surface area (TPSA) is 17.0 Å². The first kappa shape index (κ1) is 31.6. The van der Waals surface area contributed by atoms with E-state index in [0.717, 1.165) is 12.1 Å². The molecule has 0 bridgehead atoms. The molecule has 52 heavy (non-hydrogen) atoms. The van der Waals surface area contributed by atoms with Crippen LogP contribution in [0.2, 0.25) is 0 Å². The Morgan fingerprint density at radius 3 is 1.62 bits per heavy atom. The molecule has 0 saturated heterocycles. The van der Waals surface area contributed by atoms with Gasteiger partial charge in [0.1, 0.15) is 0 Å². The Hall–Kier alpha value is -6.38. The van der Waals surface area contributed by atoms with Crippen molar-refractivity contribution in [3.8, 4) is 16.8 Å². The lowest BCUT2D eigenvalue weighted by atomic mass is 9.62. The van der Waals surface area contributed by atoms with Crippen LogP contribution in [0.4, 0.5) is 5.69 Å². The average molecular weight is 669 g/mol. The minimum absolute atomic E-state index is 0.305. The molecule has 0 fully saturated rings. The summed E-state index contributed by atoms with van der Waals surface area (Å²) in [5, 5.41) is 6.32. The van der Waals surface area contributed by atoms with Crippen LogP contribution in [0, 0.1) is 5.92 Å².